The number of anilines is 2. The molecule has 0 bridgehead atoms. The molecule has 2 aromatic rings. The number of phenols is 1. The number of carbonyl (C=O) groups is 1. The van der Waals surface area contributed by atoms with Crippen LogP contribution in [0.5, 0.6) is 17.2 Å². The highest BCUT2D eigenvalue weighted by atomic mass is 19.4. The molecule has 180 valence electrons. The van der Waals surface area contributed by atoms with Crippen LogP contribution in [0.1, 0.15) is 42.7 Å². The highest BCUT2D eigenvalue weighted by Gasteiger charge is 2.32. The number of fused-ring (bicyclic) bond motifs is 1. The molecule has 1 unspecified atom stereocenters. The fourth-order valence-corrected chi connectivity index (χ4v) is 4.21. The topological polar surface area (TPSA) is 100 Å². The minimum absolute atomic E-state index is 0.00189. The third-order valence-corrected chi connectivity index (χ3v) is 5.75. The predicted molar refractivity (Wildman–Crippen MR) is 118 cm³/mol. The Morgan fingerprint density at radius 1 is 1.24 bits per heavy atom. The Labute approximate surface area is 193 Å². The summed E-state index contributed by atoms with van der Waals surface area (Å²) in [7, 11) is 0. The number of halogens is 3. The van der Waals surface area contributed by atoms with E-state index in [4.69, 9.17) is 9.84 Å². The van der Waals surface area contributed by atoms with E-state index < -0.39 is 24.1 Å². The van der Waals surface area contributed by atoms with Crippen molar-refractivity contribution in [3.05, 3.63) is 41.5 Å². The zero-order chi connectivity index (χ0) is 24.3. The molecule has 2 aromatic carbocycles. The molecule has 7 nitrogen and oxygen atoms in total. The number of hydrogen-bond donors (Lipinski definition) is 4. The number of ether oxygens (including phenoxy) is 2. The molecule has 0 saturated heterocycles. The van der Waals surface area contributed by atoms with E-state index in [1.165, 1.54) is 12.1 Å². The maximum absolute atomic E-state index is 12.9. The van der Waals surface area contributed by atoms with Crippen molar-refractivity contribution >= 4 is 17.3 Å². The van der Waals surface area contributed by atoms with Crippen LogP contribution in [0.25, 0.3) is 0 Å². The van der Waals surface area contributed by atoms with Crippen LogP contribution in [0.4, 0.5) is 24.5 Å². The number of aliphatic hydroxyl groups excluding tert-OH is 1. The van der Waals surface area contributed by atoms with Crippen molar-refractivity contribution in [1.82, 2.24) is 0 Å². The lowest BCUT2D eigenvalue weighted by Crippen LogP contribution is -2.41. The van der Waals surface area contributed by atoms with Crippen LogP contribution in [-0.2, 0) is 4.79 Å². The predicted octanol–water partition coefficient (Wildman–Crippen LogP) is 4.10. The summed E-state index contributed by atoms with van der Waals surface area (Å²) in [4.78, 5) is 12.9. The van der Waals surface area contributed by atoms with Crippen molar-refractivity contribution in [3.63, 3.8) is 0 Å². The van der Waals surface area contributed by atoms with Gasteiger partial charge in [0.1, 0.15) is 23.9 Å². The van der Waals surface area contributed by atoms with Crippen LogP contribution in [0, 0.1) is 11.8 Å². The molecular formula is C24H23F3N2O5. The third-order valence-electron chi connectivity index (χ3n) is 5.75. The number of aliphatic hydroxyl groups is 1. The number of amides is 1. The van der Waals surface area contributed by atoms with Crippen LogP contribution in [-0.4, -0.2) is 41.7 Å². The number of carbonyl (C=O) groups excluding carboxylic acids is 1. The van der Waals surface area contributed by atoms with Crippen LogP contribution >= 0.6 is 0 Å². The minimum Gasteiger partial charge on any atom is -0.508 e. The Hall–Kier alpha value is -3.58. The van der Waals surface area contributed by atoms with Gasteiger partial charge >= 0.3 is 6.36 Å². The first kappa shape index (κ1) is 23.6. The summed E-state index contributed by atoms with van der Waals surface area (Å²) in [6.45, 7) is -0.363. The fraction of sp³-hybridized carbons (Fsp3) is 0.375. The molecule has 1 heterocycles. The SMILES string of the molecule is O=C(Nc1cc(O)c(C2CCCC2)cc1C#CCO)C1CNc2cc(OC(F)(F)F)ccc2O1. The molecule has 34 heavy (non-hydrogen) atoms. The molecule has 0 radical (unpaired) electrons. The lowest BCUT2D eigenvalue weighted by Gasteiger charge is -2.27. The third kappa shape index (κ3) is 5.48. The molecule has 1 aliphatic carbocycles. The molecule has 0 aromatic heterocycles. The molecule has 10 heteroatoms. The summed E-state index contributed by atoms with van der Waals surface area (Å²) in [5, 5.41) is 25.2. The van der Waals surface area contributed by atoms with E-state index in [0.29, 0.717) is 5.56 Å². The van der Waals surface area contributed by atoms with Gasteiger partial charge in [-0.05, 0) is 42.5 Å². The van der Waals surface area contributed by atoms with Crippen molar-refractivity contribution in [2.75, 3.05) is 23.8 Å². The van der Waals surface area contributed by atoms with Gasteiger partial charge in [0.2, 0.25) is 0 Å². The van der Waals surface area contributed by atoms with Crippen molar-refractivity contribution in [3.8, 4) is 29.1 Å². The Morgan fingerprint density at radius 3 is 2.71 bits per heavy atom. The van der Waals surface area contributed by atoms with Gasteiger partial charge in [0.25, 0.3) is 5.91 Å². The number of nitrogens with one attached hydrogen (secondary N) is 2. The van der Waals surface area contributed by atoms with Gasteiger partial charge in [-0.1, -0.05) is 24.7 Å². The second-order valence-electron chi connectivity index (χ2n) is 8.08. The van der Waals surface area contributed by atoms with E-state index in [1.807, 2.05) is 0 Å². The van der Waals surface area contributed by atoms with Crippen molar-refractivity contribution < 1.29 is 37.7 Å². The maximum atomic E-state index is 12.9. The number of phenolic OH excluding ortho intramolecular Hbond substituents is 1. The number of aromatic hydroxyl groups is 1. The summed E-state index contributed by atoms with van der Waals surface area (Å²) in [5.41, 5.74) is 1.76. The largest absolute Gasteiger partial charge is 0.573 e. The Kier molecular flexibility index (Phi) is 6.75. The molecule has 1 aliphatic heterocycles. The standard InChI is InChI=1S/C24H23F3N2O5/c25-24(26,27)34-16-7-8-21-19(11-16)28-13-22(33-21)23(32)29-18-12-20(31)17(14-4-1-2-5-14)10-15(18)6-3-9-30/h7-8,10-12,14,22,28,30-31H,1-2,4-5,9,13H2,(H,29,32). The molecular weight excluding hydrogens is 453 g/mol. The second kappa shape index (κ2) is 9.73. The van der Waals surface area contributed by atoms with E-state index in [2.05, 4.69) is 27.2 Å². The molecule has 1 fully saturated rings. The molecule has 0 spiro atoms. The quantitative estimate of drug-likeness (QED) is 0.496. The summed E-state index contributed by atoms with van der Waals surface area (Å²) in [5.74, 6) is 4.91. The lowest BCUT2D eigenvalue weighted by atomic mass is 9.94. The first-order chi connectivity index (χ1) is 16.2. The Morgan fingerprint density at radius 2 is 2.00 bits per heavy atom. The highest BCUT2D eigenvalue weighted by molar-refractivity contribution is 5.96. The van der Waals surface area contributed by atoms with E-state index in [9.17, 15) is 23.1 Å². The van der Waals surface area contributed by atoms with Gasteiger partial charge in [0, 0.05) is 17.7 Å². The Bertz CT molecular complexity index is 1130. The summed E-state index contributed by atoms with van der Waals surface area (Å²) >= 11 is 0. The van der Waals surface area contributed by atoms with E-state index in [-0.39, 0.29) is 41.9 Å². The van der Waals surface area contributed by atoms with Crippen molar-refractivity contribution in [2.45, 2.75) is 44.1 Å². The van der Waals surface area contributed by atoms with Crippen molar-refractivity contribution in [1.29, 1.82) is 0 Å². The van der Waals surface area contributed by atoms with Crippen molar-refractivity contribution in [2.24, 2.45) is 0 Å². The Balaban J connectivity index is 1.51. The van der Waals surface area contributed by atoms with E-state index in [1.54, 1.807) is 6.07 Å². The van der Waals surface area contributed by atoms with E-state index in [0.717, 1.165) is 43.4 Å². The van der Waals surface area contributed by atoms with E-state index >= 15 is 0 Å². The van der Waals surface area contributed by atoms with Crippen LogP contribution in [0.15, 0.2) is 30.3 Å². The van der Waals surface area contributed by atoms with Gasteiger partial charge in [-0.3, -0.25) is 4.79 Å². The first-order valence-electron chi connectivity index (χ1n) is 10.8. The monoisotopic (exact) mass is 476 g/mol. The summed E-state index contributed by atoms with van der Waals surface area (Å²) in [6.07, 6.45) is -1.72. The average molecular weight is 476 g/mol. The molecule has 1 atom stereocenters. The smallest absolute Gasteiger partial charge is 0.508 e. The van der Waals surface area contributed by atoms with Gasteiger partial charge in [-0.25, -0.2) is 0 Å². The number of rotatable bonds is 4. The van der Waals surface area contributed by atoms with Gasteiger partial charge in [-0.15, -0.1) is 13.2 Å². The second-order valence-corrected chi connectivity index (χ2v) is 8.08. The fourth-order valence-electron chi connectivity index (χ4n) is 4.21. The van der Waals surface area contributed by atoms with Crippen LogP contribution in [0.2, 0.25) is 0 Å². The molecule has 1 saturated carbocycles. The molecule has 2 aliphatic rings. The van der Waals surface area contributed by atoms with Gasteiger partial charge in [0.05, 0.1) is 17.9 Å². The molecule has 4 rings (SSSR count). The average Bonchev–Trinajstić information content (AvgIpc) is 3.31. The van der Waals surface area contributed by atoms with Gasteiger partial charge in [0.15, 0.2) is 6.10 Å². The zero-order valence-corrected chi connectivity index (χ0v) is 18.0. The zero-order valence-electron chi connectivity index (χ0n) is 18.0. The minimum atomic E-state index is -4.82. The lowest BCUT2D eigenvalue weighted by molar-refractivity contribution is -0.274. The number of alkyl halides is 3. The van der Waals surface area contributed by atoms with Gasteiger partial charge < -0.3 is 30.3 Å². The summed E-state index contributed by atoms with van der Waals surface area (Å²) < 4.78 is 46.8. The normalized spacial score (nSPS) is 17.6. The maximum Gasteiger partial charge on any atom is 0.573 e. The molecule has 1 amide bonds. The van der Waals surface area contributed by atoms with Gasteiger partial charge in [-0.2, -0.15) is 0 Å². The highest BCUT2D eigenvalue weighted by Crippen LogP contribution is 2.41. The number of hydrogen-bond acceptors (Lipinski definition) is 6. The number of benzene rings is 2. The first-order valence-corrected chi connectivity index (χ1v) is 10.8. The molecule has 4 N–H and O–H groups in total. The van der Waals surface area contributed by atoms with Crippen LogP contribution in [0.3, 0.4) is 0 Å². The summed E-state index contributed by atoms with van der Waals surface area (Å²) in [6, 6.07) is 6.69. The van der Waals surface area contributed by atoms with Crippen LogP contribution < -0.4 is 20.1 Å².